The Labute approximate surface area is 87.6 Å². The molecule has 2 N–H and O–H groups in total. The maximum Gasteiger partial charge on any atom is 0.0613 e. The van der Waals surface area contributed by atoms with E-state index in [2.05, 4.69) is 24.5 Å². The molecule has 3 atom stereocenters. The maximum absolute atomic E-state index is 5.65. The predicted molar refractivity (Wildman–Crippen MR) is 59.5 cm³/mol. The second kappa shape index (κ2) is 6.38. The van der Waals surface area contributed by atoms with Gasteiger partial charge < -0.3 is 15.4 Å². The first kappa shape index (κ1) is 12.0. The molecule has 0 aromatic carbocycles. The summed E-state index contributed by atoms with van der Waals surface area (Å²) in [7, 11) is 1.99. The van der Waals surface area contributed by atoms with Gasteiger partial charge in [0.2, 0.25) is 0 Å². The summed E-state index contributed by atoms with van der Waals surface area (Å²) in [6.07, 6.45) is 2.86. The summed E-state index contributed by atoms with van der Waals surface area (Å²) in [6, 6.07) is 0.554. The van der Waals surface area contributed by atoms with Crippen LogP contribution in [0.15, 0.2) is 0 Å². The summed E-state index contributed by atoms with van der Waals surface area (Å²) >= 11 is 0. The minimum absolute atomic E-state index is 0.490. The number of hydrogen-bond donors (Lipinski definition) is 2. The van der Waals surface area contributed by atoms with Crippen LogP contribution < -0.4 is 10.6 Å². The minimum atomic E-state index is 0.490. The van der Waals surface area contributed by atoms with Crippen LogP contribution in [0.25, 0.3) is 0 Å². The third-order valence-corrected chi connectivity index (χ3v) is 2.99. The van der Waals surface area contributed by atoms with Gasteiger partial charge in [0.1, 0.15) is 0 Å². The van der Waals surface area contributed by atoms with E-state index < -0.39 is 0 Å². The molecule has 0 aliphatic carbocycles. The fraction of sp³-hybridized carbons (Fsp3) is 1.00. The lowest BCUT2D eigenvalue weighted by atomic mass is 9.99. The molecule has 0 radical (unpaired) electrons. The van der Waals surface area contributed by atoms with Gasteiger partial charge in [-0.05, 0) is 32.7 Å². The zero-order chi connectivity index (χ0) is 10.4. The molecule has 84 valence electrons. The predicted octanol–water partition coefficient (Wildman–Crippen LogP) is 0.999. The molecule has 0 saturated carbocycles. The molecule has 1 saturated heterocycles. The second-order valence-electron chi connectivity index (χ2n) is 4.23. The van der Waals surface area contributed by atoms with E-state index in [4.69, 9.17) is 4.74 Å². The van der Waals surface area contributed by atoms with Crippen molar-refractivity contribution in [2.45, 2.75) is 38.8 Å². The molecule has 3 heteroatoms. The zero-order valence-electron chi connectivity index (χ0n) is 9.68. The lowest BCUT2D eigenvalue weighted by Gasteiger charge is -2.20. The topological polar surface area (TPSA) is 33.3 Å². The lowest BCUT2D eigenvalue weighted by Crippen LogP contribution is -2.39. The molecule has 1 heterocycles. The summed E-state index contributed by atoms with van der Waals surface area (Å²) in [5, 5.41) is 6.72. The summed E-state index contributed by atoms with van der Waals surface area (Å²) < 4.78 is 5.65. The van der Waals surface area contributed by atoms with Crippen molar-refractivity contribution < 1.29 is 4.74 Å². The van der Waals surface area contributed by atoms with Gasteiger partial charge in [-0.25, -0.2) is 0 Å². The van der Waals surface area contributed by atoms with Gasteiger partial charge >= 0.3 is 0 Å². The molecule has 0 spiro atoms. The molecule has 14 heavy (non-hydrogen) atoms. The number of likely N-dealkylation sites (N-methyl/N-ethyl adjacent to an activating group) is 1. The van der Waals surface area contributed by atoms with Crippen LogP contribution in [0.2, 0.25) is 0 Å². The van der Waals surface area contributed by atoms with E-state index in [9.17, 15) is 0 Å². The van der Waals surface area contributed by atoms with E-state index in [1.165, 1.54) is 6.42 Å². The molecule has 0 bridgehead atoms. The van der Waals surface area contributed by atoms with Crippen LogP contribution in [-0.2, 0) is 4.74 Å². The highest BCUT2D eigenvalue weighted by Gasteiger charge is 2.26. The quantitative estimate of drug-likeness (QED) is 0.671. The van der Waals surface area contributed by atoms with Crippen molar-refractivity contribution in [1.29, 1.82) is 0 Å². The third kappa shape index (κ3) is 3.56. The zero-order valence-corrected chi connectivity index (χ0v) is 9.68. The van der Waals surface area contributed by atoms with Crippen LogP contribution in [0, 0.1) is 5.92 Å². The molecule has 3 nitrogen and oxygen atoms in total. The molecule has 0 aromatic rings. The smallest absolute Gasteiger partial charge is 0.0613 e. The van der Waals surface area contributed by atoms with Crippen molar-refractivity contribution in [3.05, 3.63) is 0 Å². The van der Waals surface area contributed by atoms with Gasteiger partial charge in [0.25, 0.3) is 0 Å². The Morgan fingerprint density at radius 3 is 2.93 bits per heavy atom. The standard InChI is InChI=1S/C11H24N2O/c1-4-11-10(5-6-14-11)8-13-9(2)7-12-3/h9-13H,4-8H2,1-3H3. The third-order valence-electron chi connectivity index (χ3n) is 2.99. The molecular weight excluding hydrogens is 176 g/mol. The van der Waals surface area contributed by atoms with Gasteiger partial charge in [0, 0.05) is 25.7 Å². The summed E-state index contributed by atoms with van der Waals surface area (Å²) in [6.45, 7) is 7.50. The first-order chi connectivity index (χ1) is 6.77. The first-order valence-electron chi connectivity index (χ1n) is 5.77. The van der Waals surface area contributed by atoms with Gasteiger partial charge in [-0.3, -0.25) is 0 Å². The Hall–Kier alpha value is -0.120. The van der Waals surface area contributed by atoms with Gasteiger partial charge in [-0.2, -0.15) is 0 Å². The van der Waals surface area contributed by atoms with Gasteiger partial charge in [0.15, 0.2) is 0 Å². The van der Waals surface area contributed by atoms with E-state index in [0.29, 0.717) is 12.1 Å². The van der Waals surface area contributed by atoms with E-state index in [1.54, 1.807) is 0 Å². The van der Waals surface area contributed by atoms with Crippen LogP contribution in [-0.4, -0.2) is 38.9 Å². The Balaban J connectivity index is 2.16. The van der Waals surface area contributed by atoms with Crippen molar-refractivity contribution in [2.75, 3.05) is 26.7 Å². The first-order valence-corrected chi connectivity index (χ1v) is 5.77. The molecule has 1 aliphatic rings. The monoisotopic (exact) mass is 200 g/mol. The summed E-state index contributed by atoms with van der Waals surface area (Å²) in [4.78, 5) is 0. The molecule has 0 amide bonds. The van der Waals surface area contributed by atoms with Gasteiger partial charge in [0.05, 0.1) is 6.10 Å². The Morgan fingerprint density at radius 1 is 1.50 bits per heavy atom. The molecule has 3 unspecified atom stereocenters. The fourth-order valence-electron chi connectivity index (χ4n) is 2.11. The van der Waals surface area contributed by atoms with E-state index >= 15 is 0 Å². The number of hydrogen-bond acceptors (Lipinski definition) is 3. The Bertz CT molecular complexity index is 152. The highest BCUT2D eigenvalue weighted by molar-refractivity contribution is 4.78. The Morgan fingerprint density at radius 2 is 2.29 bits per heavy atom. The number of nitrogens with one attached hydrogen (secondary N) is 2. The molecule has 1 aliphatic heterocycles. The highest BCUT2D eigenvalue weighted by atomic mass is 16.5. The summed E-state index contributed by atoms with van der Waals surface area (Å²) in [5.74, 6) is 0.722. The fourth-order valence-corrected chi connectivity index (χ4v) is 2.11. The maximum atomic E-state index is 5.65. The number of ether oxygens (including phenoxy) is 1. The minimum Gasteiger partial charge on any atom is -0.378 e. The van der Waals surface area contributed by atoms with E-state index in [0.717, 1.165) is 32.0 Å². The highest BCUT2D eigenvalue weighted by Crippen LogP contribution is 2.22. The lowest BCUT2D eigenvalue weighted by molar-refractivity contribution is 0.0867. The van der Waals surface area contributed by atoms with Crippen LogP contribution in [0.3, 0.4) is 0 Å². The largest absolute Gasteiger partial charge is 0.378 e. The van der Waals surface area contributed by atoms with Crippen molar-refractivity contribution >= 4 is 0 Å². The molecular formula is C11H24N2O. The number of rotatable bonds is 6. The van der Waals surface area contributed by atoms with Crippen LogP contribution >= 0.6 is 0 Å². The van der Waals surface area contributed by atoms with Crippen molar-refractivity contribution in [2.24, 2.45) is 5.92 Å². The molecule has 0 aromatic heterocycles. The van der Waals surface area contributed by atoms with Crippen LogP contribution in [0.4, 0.5) is 0 Å². The Kier molecular flexibility index (Phi) is 5.45. The van der Waals surface area contributed by atoms with Gasteiger partial charge in [-0.15, -0.1) is 0 Å². The second-order valence-corrected chi connectivity index (χ2v) is 4.23. The molecule has 1 rings (SSSR count). The molecule has 1 fully saturated rings. The normalized spacial score (nSPS) is 29.4. The average Bonchev–Trinajstić information content (AvgIpc) is 2.62. The van der Waals surface area contributed by atoms with E-state index in [-0.39, 0.29) is 0 Å². The summed E-state index contributed by atoms with van der Waals surface area (Å²) in [5.41, 5.74) is 0. The van der Waals surface area contributed by atoms with Gasteiger partial charge in [-0.1, -0.05) is 6.92 Å². The van der Waals surface area contributed by atoms with E-state index in [1.807, 2.05) is 7.05 Å². The van der Waals surface area contributed by atoms with Crippen molar-refractivity contribution in [1.82, 2.24) is 10.6 Å². The van der Waals surface area contributed by atoms with Crippen LogP contribution in [0.1, 0.15) is 26.7 Å². The van der Waals surface area contributed by atoms with Crippen LogP contribution in [0.5, 0.6) is 0 Å². The SMILES string of the molecule is CCC1OCCC1CNC(C)CNC. The van der Waals surface area contributed by atoms with Crippen molar-refractivity contribution in [3.8, 4) is 0 Å². The average molecular weight is 200 g/mol. The van der Waals surface area contributed by atoms with Crippen molar-refractivity contribution in [3.63, 3.8) is 0 Å².